The van der Waals surface area contributed by atoms with E-state index in [-0.39, 0.29) is 17.9 Å². The summed E-state index contributed by atoms with van der Waals surface area (Å²) in [6.45, 7) is 5.59. The smallest absolute Gasteiger partial charge is 0.267 e. The van der Waals surface area contributed by atoms with Crippen molar-refractivity contribution in [1.82, 2.24) is 9.80 Å². The molecule has 6 heteroatoms. The Morgan fingerprint density at radius 1 is 1.00 bits per heavy atom. The lowest BCUT2D eigenvalue weighted by molar-refractivity contribution is -0.148. The van der Waals surface area contributed by atoms with E-state index >= 15 is 0 Å². The first-order chi connectivity index (χ1) is 10.6. The first-order valence-corrected chi connectivity index (χ1v) is 7.53. The van der Waals surface area contributed by atoms with E-state index in [0.29, 0.717) is 37.7 Å². The van der Waals surface area contributed by atoms with Gasteiger partial charge < -0.3 is 19.3 Å². The van der Waals surface area contributed by atoms with Crippen LogP contribution in [0.3, 0.4) is 0 Å². The van der Waals surface area contributed by atoms with Gasteiger partial charge in [0.1, 0.15) is 6.10 Å². The summed E-state index contributed by atoms with van der Waals surface area (Å²) in [6, 6.07) is 7.36. The van der Waals surface area contributed by atoms with Crippen LogP contribution in [-0.4, -0.2) is 60.0 Å². The monoisotopic (exact) mass is 304 g/mol. The lowest BCUT2D eigenvalue weighted by Crippen LogP contribution is -2.56. The molecule has 2 amide bonds. The Labute approximate surface area is 129 Å². The number of carbonyl (C=O) groups is 2. The molecule has 1 saturated heterocycles. The number of fused-ring (bicyclic) bond motifs is 1. The van der Waals surface area contributed by atoms with Crippen LogP contribution in [0.25, 0.3) is 0 Å². The number of piperazine rings is 1. The highest BCUT2D eigenvalue weighted by molar-refractivity contribution is 5.83. The predicted octanol–water partition coefficient (Wildman–Crippen LogP) is 0.906. The van der Waals surface area contributed by atoms with Crippen molar-refractivity contribution in [3.63, 3.8) is 0 Å². The zero-order chi connectivity index (χ0) is 15.7. The van der Waals surface area contributed by atoms with Crippen LogP contribution in [0, 0.1) is 0 Å². The molecule has 3 rings (SSSR count). The third kappa shape index (κ3) is 2.73. The molecule has 0 N–H and O–H groups in total. The highest BCUT2D eigenvalue weighted by Gasteiger charge is 2.37. The van der Waals surface area contributed by atoms with Gasteiger partial charge in [0.25, 0.3) is 5.91 Å². The molecule has 0 aliphatic carbocycles. The van der Waals surface area contributed by atoms with E-state index in [4.69, 9.17) is 9.47 Å². The average Bonchev–Trinajstić information content (AvgIpc) is 2.53. The van der Waals surface area contributed by atoms with E-state index in [1.807, 2.05) is 25.1 Å². The van der Waals surface area contributed by atoms with Crippen molar-refractivity contribution in [2.24, 2.45) is 0 Å². The summed E-state index contributed by atoms with van der Waals surface area (Å²) in [5, 5.41) is 0. The van der Waals surface area contributed by atoms with Crippen molar-refractivity contribution in [2.45, 2.75) is 26.1 Å². The molecule has 2 unspecified atom stereocenters. The van der Waals surface area contributed by atoms with Crippen molar-refractivity contribution in [3.8, 4) is 11.5 Å². The number of rotatable bonds is 1. The number of benzene rings is 1. The Bertz CT molecular complexity index is 581. The standard InChI is InChI=1S/C16H20N2O4/c1-11-15(22-14-6-4-3-5-13(14)21-11)16(20)18-9-7-17(8-10-18)12(2)19/h3-6,11,15H,7-10H2,1-2H3. The molecule has 0 aromatic heterocycles. The van der Waals surface area contributed by atoms with Crippen LogP contribution in [0.5, 0.6) is 11.5 Å². The highest BCUT2D eigenvalue weighted by atomic mass is 16.6. The first kappa shape index (κ1) is 14.7. The van der Waals surface area contributed by atoms with Gasteiger partial charge in [0.15, 0.2) is 11.5 Å². The van der Waals surface area contributed by atoms with Gasteiger partial charge in [-0.25, -0.2) is 0 Å². The summed E-state index contributed by atoms with van der Waals surface area (Å²) in [5.41, 5.74) is 0. The number of amides is 2. The van der Waals surface area contributed by atoms with Crippen LogP contribution in [0.1, 0.15) is 13.8 Å². The van der Waals surface area contributed by atoms with Crippen LogP contribution < -0.4 is 9.47 Å². The predicted molar refractivity (Wildman–Crippen MR) is 79.8 cm³/mol. The number of carbonyl (C=O) groups excluding carboxylic acids is 2. The molecule has 1 aromatic carbocycles. The maximum atomic E-state index is 12.7. The molecule has 1 fully saturated rings. The fraction of sp³-hybridized carbons (Fsp3) is 0.500. The van der Waals surface area contributed by atoms with Crippen LogP contribution in [-0.2, 0) is 9.59 Å². The Kier molecular flexibility index (Phi) is 3.92. The third-order valence-electron chi connectivity index (χ3n) is 4.12. The maximum absolute atomic E-state index is 12.7. The lowest BCUT2D eigenvalue weighted by atomic mass is 10.1. The Morgan fingerprint density at radius 2 is 1.55 bits per heavy atom. The van der Waals surface area contributed by atoms with Crippen molar-refractivity contribution in [2.75, 3.05) is 26.2 Å². The summed E-state index contributed by atoms with van der Waals surface area (Å²) in [4.78, 5) is 27.5. The molecule has 2 atom stereocenters. The van der Waals surface area contributed by atoms with Gasteiger partial charge >= 0.3 is 0 Å². The van der Waals surface area contributed by atoms with Gasteiger partial charge in [-0.05, 0) is 19.1 Å². The van der Waals surface area contributed by atoms with Gasteiger partial charge in [0.2, 0.25) is 12.0 Å². The molecule has 6 nitrogen and oxygen atoms in total. The summed E-state index contributed by atoms with van der Waals surface area (Å²) >= 11 is 0. The maximum Gasteiger partial charge on any atom is 0.267 e. The zero-order valence-corrected chi connectivity index (χ0v) is 12.8. The van der Waals surface area contributed by atoms with E-state index < -0.39 is 6.10 Å². The van der Waals surface area contributed by atoms with Crippen LogP contribution >= 0.6 is 0 Å². The summed E-state index contributed by atoms with van der Waals surface area (Å²) in [6.07, 6.45) is -0.980. The highest BCUT2D eigenvalue weighted by Crippen LogP contribution is 2.33. The summed E-state index contributed by atoms with van der Waals surface area (Å²) in [5.74, 6) is 1.23. The van der Waals surface area contributed by atoms with Crippen LogP contribution in [0.15, 0.2) is 24.3 Å². The second-order valence-corrected chi connectivity index (χ2v) is 5.64. The summed E-state index contributed by atoms with van der Waals surface area (Å²) in [7, 11) is 0. The normalized spacial score (nSPS) is 24.1. The van der Waals surface area contributed by atoms with Crippen molar-refractivity contribution >= 4 is 11.8 Å². The number of hydrogen-bond acceptors (Lipinski definition) is 4. The molecule has 0 radical (unpaired) electrons. The molecule has 2 aliphatic heterocycles. The molecule has 118 valence electrons. The minimum atomic E-state index is -0.640. The largest absolute Gasteiger partial charge is 0.482 e. The van der Waals surface area contributed by atoms with Gasteiger partial charge in [0, 0.05) is 33.1 Å². The molecule has 2 heterocycles. The topological polar surface area (TPSA) is 59.1 Å². The number of para-hydroxylation sites is 2. The fourth-order valence-corrected chi connectivity index (χ4v) is 2.81. The molecule has 2 aliphatic rings. The second kappa shape index (κ2) is 5.87. The minimum absolute atomic E-state index is 0.0478. The minimum Gasteiger partial charge on any atom is -0.482 e. The zero-order valence-electron chi connectivity index (χ0n) is 12.8. The lowest BCUT2D eigenvalue weighted by Gasteiger charge is -2.38. The van der Waals surface area contributed by atoms with E-state index in [1.165, 1.54) is 0 Å². The van der Waals surface area contributed by atoms with Crippen molar-refractivity contribution in [3.05, 3.63) is 24.3 Å². The Hall–Kier alpha value is -2.24. The van der Waals surface area contributed by atoms with Gasteiger partial charge in [-0.1, -0.05) is 12.1 Å². The SMILES string of the molecule is CC(=O)N1CCN(C(=O)C2Oc3ccccc3OC2C)CC1. The first-order valence-electron chi connectivity index (χ1n) is 7.53. The molecular formula is C16H20N2O4. The molecule has 0 spiro atoms. The molecule has 1 aromatic rings. The van der Waals surface area contributed by atoms with E-state index in [1.54, 1.807) is 22.8 Å². The van der Waals surface area contributed by atoms with Crippen LogP contribution in [0.2, 0.25) is 0 Å². The number of nitrogens with zero attached hydrogens (tertiary/aromatic N) is 2. The van der Waals surface area contributed by atoms with Crippen LogP contribution in [0.4, 0.5) is 0 Å². The van der Waals surface area contributed by atoms with E-state index in [9.17, 15) is 9.59 Å². The van der Waals surface area contributed by atoms with Gasteiger partial charge in [-0.2, -0.15) is 0 Å². The second-order valence-electron chi connectivity index (χ2n) is 5.64. The quantitative estimate of drug-likeness (QED) is 0.774. The molecule has 0 saturated carbocycles. The van der Waals surface area contributed by atoms with Crippen molar-refractivity contribution in [1.29, 1.82) is 0 Å². The van der Waals surface area contributed by atoms with Gasteiger partial charge in [-0.15, -0.1) is 0 Å². The van der Waals surface area contributed by atoms with Crippen molar-refractivity contribution < 1.29 is 19.1 Å². The number of ether oxygens (including phenoxy) is 2. The fourth-order valence-electron chi connectivity index (χ4n) is 2.81. The van der Waals surface area contributed by atoms with Gasteiger partial charge in [-0.3, -0.25) is 9.59 Å². The third-order valence-corrected chi connectivity index (χ3v) is 4.12. The summed E-state index contributed by atoms with van der Waals surface area (Å²) < 4.78 is 11.6. The molecular weight excluding hydrogens is 284 g/mol. The van der Waals surface area contributed by atoms with Gasteiger partial charge in [0.05, 0.1) is 0 Å². The number of hydrogen-bond donors (Lipinski definition) is 0. The molecule has 0 bridgehead atoms. The average molecular weight is 304 g/mol. The van der Waals surface area contributed by atoms with E-state index in [2.05, 4.69) is 0 Å². The Morgan fingerprint density at radius 3 is 2.14 bits per heavy atom. The Balaban J connectivity index is 1.67. The molecule has 22 heavy (non-hydrogen) atoms. The van der Waals surface area contributed by atoms with E-state index in [0.717, 1.165) is 0 Å².